The van der Waals surface area contributed by atoms with Crippen molar-refractivity contribution in [3.8, 4) is 0 Å². The van der Waals surface area contributed by atoms with Gasteiger partial charge in [0.1, 0.15) is 21.8 Å². The molecule has 1 aromatic rings. The van der Waals surface area contributed by atoms with Crippen LogP contribution in [0.3, 0.4) is 0 Å². The van der Waals surface area contributed by atoms with Gasteiger partial charge in [0.2, 0.25) is 5.91 Å². The Morgan fingerprint density at radius 1 is 1.35 bits per heavy atom. The highest BCUT2D eigenvalue weighted by molar-refractivity contribution is 7.91. The fourth-order valence-electron chi connectivity index (χ4n) is 3.30. The second kappa shape index (κ2) is 7.22. The van der Waals surface area contributed by atoms with Crippen molar-refractivity contribution in [1.29, 1.82) is 0 Å². The first kappa shape index (κ1) is 18.6. The zero-order chi connectivity index (χ0) is 18.9. The second-order valence-corrected chi connectivity index (χ2v) is 8.99. The summed E-state index contributed by atoms with van der Waals surface area (Å²) in [5, 5.41) is 2.57. The van der Waals surface area contributed by atoms with Gasteiger partial charge in [0.15, 0.2) is 0 Å². The van der Waals surface area contributed by atoms with Crippen LogP contribution in [0.4, 0.5) is 14.9 Å². The first-order valence-corrected chi connectivity index (χ1v) is 10.3. The minimum atomic E-state index is -2.97. The van der Waals surface area contributed by atoms with Crippen LogP contribution in [0.15, 0.2) is 18.2 Å². The average molecular weight is 384 g/mol. The molecule has 0 saturated carbocycles. The van der Waals surface area contributed by atoms with Crippen molar-refractivity contribution in [1.82, 2.24) is 5.32 Å². The summed E-state index contributed by atoms with van der Waals surface area (Å²) in [6, 6.07) is 4.62. The molecule has 0 radical (unpaired) electrons. The number of halogens is 1. The Morgan fingerprint density at radius 3 is 2.65 bits per heavy atom. The molecule has 2 aliphatic rings. The molecule has 26 heavy (non-hydrogen) atoms. The van der Waals surface area contributed by atoms with Crippen LogP contribution in [0.1, 0.15) is 31.2 Å². The van der Waals surface area contributed by atoms with E-state index in [-0.39, 0.29) is 42.1 Å². The highest BCUT2D eigenvalue weighted by Crippen LogP contribution is 2.33. The Bertz CT molecular complexity index is 812. The third-order valence-corrected chi connectivity index (χ3v) is 6.46. The maximum atomic E-state index is 14.6. The number of sulfone groups is 1. The van der Waals surface area contributed by atoms with Gasteiger partial charge < -0.3 is 10.1 Å². The summed E-state index contributed by atoms with van der Waals surface area (Å²) in [7, 11) is -2.97. The van der Waals surface area contributed by atoms with Crippen LogP contribution >= 0.6 is 0 Å². The Labute approximate surface area is 151 Å². The summed E-state index contributed by atoms with van der Waals surface area (Å²) < 4.78 is 42.8. The largest absolute Gasteiger partial charge is 0.442 e. The van der Waals surface area contributed by atoms with E-state index >= 15 is 0 Å². The number of anilines is 1. The molecule has 7 nitrogen and oxygen atoms in total. The number of nitrogens with one attached hydrogen (secondary N) is 1. The van der Waals surface area contributed by atoms with Crippen molar-refractivity contribution < 1.29 is 27.1 Å². The number of carbonyl (C=O) groups is 2. The maximum Gasteiger partial charge on any atom is 0.414 e. The molecule has 0 bridgehead atoms. The third-order valence-electron chi connectivity index (χ3n) is 4.74. The topological polar surface area (TPSA) is 92.8 Å². The van der Waals surface area contributed by atoms with Crippen LogP contribution in [0, 0.1) is 5.82 Å². The summed E-state index contributed by atoms with van der Waals surface area (Å²) in [6.45, 7) is 1.69. The van der Waals surface area contributed by atoms with Gasteiger partial charge in [-0.05, 0) is 36.5 Å². The standard InChI is InChI=1S/C17H21FN2O5S/c1-11(21)19-9-14-10-20(17(22)25-14)16-3-2-13(8-15(16)18)12-4-6-26(23,24)7-5-12/h2-3,8,12,14H,4-7,9-10H2,1H3,(H,19,21)/t14-/m0/s1. The Morgan fingerprint density at radius 2 is 2.04 bits per heavy atom. The Kier molecular flexibility index (Phi) is 5.17. The number of benzene rings is 1. The number of cyclic esters (lactones) is 1. The zero-order valence-electron chi connectivity index (χ0n) is 14.4. The van der Waals surface area contributed by atoms with Gasteiger partial charge >= 0.3 is 6.09 Å². The molecule has 9 heteroatoms. The molecular weight excluding hydrogens is 363 g/mol. The van der Waals surface area contributed by atoms with Gasteiger partial charge in [0.05, 0.1) is 30.3 Å². The summed E-state index contributed by atoms with van der Waals surface area (Å²) in [5.74, 6) is -0.549. The molecule has 2 saturated heterocycles. The number of rotatable bonds is 4. The maximum absolute atomic E-state index is 14.6. The monoisotopic (exact) mass is 384 g/mol. The molecular formula is C17H21FN2O5S. The van der Waals surface area contributed by atoms with E-state index in [0.29, 0.717) is 12.8 Å². The number of carbonyl (C=O) groups excluding carboxylic acids is 2. The van der Waals surface area contributed by atoms with E-state index in [9.17, 15) is 22.4 Å². The molecule has 0 aliphatic carbocycles. The number of amides is 2. The van der Waals surface area contributed by atoms with Gasteiger partial charge in [-0.1, -0.05) is 6.07 Å². The molecule has 142 valence electrons. The molecule has 2 amide bonds. The van der Waals surface area contributed by atoms with Crippen molar-refractivity contribution in [2.75, 3.05) is 29.5 Å². The zero-order valence-corrected chi connectivity index (χ0v) is 15.2. The van der Waals surface area contributed by atoms with E-state index in [1.165, 1.54) is 24.0 Å². The molecule has 0 spiro atoms. The van der Waals surface area contributed by atoms with Gasteiger partial charge in [-0.3, -0.25) is 9.69 Å². The van der Waals surface area contributed by atoms with Crippen LogP contribution in [0.25, 0.3) is 0 Å². The highest BCUT2D eigenvalue weighted by atomic mass is 32.2. The van der Waals surface area contributed by atoms with Gasteiger partial charge in [0.25, 0.3) is 0 Å². The van der Waals surface area contributed by atoms with E-state index in [1.807, 2.05) is 0 Å². The third kappa shape index (κ3) is 4.14. The second-order valence-electron chi connectivity index (χ2n) is 6.69. The molecule has 0 aromatic heterocycles. The predicted octanol–water partition coefficient (Wildman–Crippen LogP) is 1.58. The lowest BCUT2D eigenvalue weighted by atomic mass is 9.93. The molecule has 2 aliphatic heterocycles. The number of hydrogen-bond acceptors (Lipinski definition) is 5. The molecule has 0 unspecified atom stereocenters. The van der Waals surface area contributed by atoms with Gasteiger partial charge in [0, 0.05) is 6.92 Å². The van der Waals surface area contributed by atoms with Crippen LogP contribution < -0.4 is 10.2 Å². The van der Waals surface area contributed by atoms with Gasteiger partial charge in [-0.25, -0.2) is 17.6 Å². The molecule has 2 fully saturated rings. The lowest BCUT2D eigenvalue weighted by Crippen LogP contribution is -2.33. The van der Waals surface area contributed by atoms with Crippen molar-refractivity contribution in [2.45, 2.75) is 31.8 Å². The predicted molar refractivity (Wildman–Crippen MR) is 93.3 cm³/mol. The fraction of sp³-hybridized carbons (Fsp3) is 0.529. The summed E-state index contributed by atoms with van der Waals surface area (Å²) in [5.41, 5.74) is 0.857. The summed E-state index contributed by atoms with van der Waals surface area (Å²) in [4.78, 5) is 24.2. The van der Waals surface area contributed by atoms with Gasteiger partial charge in [-0.15, -0.1) is 0 Å². The van der Waals surface area contributed by atoms with Crippen LogP contribution in [-0.4, -0.2) is 51.1 Å². The fourth-order valence-corrected chi connectivity index (χ4v) is 4.79. The molecule has 1 atom stereocenters. The Balaban J connectivity index is 1.70. The lowest BCUT2D eigenvalue weighted by Gasteiger charge is -2.23. The first-order chi connectivity index (χ1) is 12.2. The Hall–Kier alpha value is -2.16. The number of ether oxygens (including phenoxy) is 1. The van der Waals surface area contributed by atoms with Crippen molar-refractivity contribution in [2.24, 2.45) is 0 Å². The molecule has 2 heterocycles. The molecule has 3 rings (SSSR count). The molecule has 1 N–H and O–H groups in total. The quantitative estimate of drug-likeness (QED) is 0.851. The summed E-state index contributed by atoms with van der Waals surface area (Å²) >= 11 is 0. The van der Waals surface area contributed by atoms with E-state index in [0.717, 1.165) is 5.56 Å². The lowest BCUT2D eigenvalue weighted by molar-refractivity contribution is -0.119. The van der Waals surface area contributed by atoms with Crippen molar-refractivity contribution >= 4 is 27.5 Å². The SMILES string of the molecule is CC(=O)NC[C@H]1CN(c2ccc(C3CCS(=O)(=O)CC3)cc2F)C(=O)O1. The minimum Gasteiger partial charge on any atom is -0.442 e. The van der Waals surface area contributed by atoms with E-state index in [1.54, 1.807) is 6.07 Å². The van der Waals surface area contributed by atoms with Crippen LogP contribution in [0.5, 0.6) is 0 Å². The van der Waals surface area contributed by atoms with Crippen molar-refractivity contribution in [3.63, 3.8) is 0 Å². The first-order valence-electron chi connectivity index (χ1n) is 8.47. The molecule has 1 aromatic carbocycles. The van der Waals surface area contributed by atoms with Crippen molar-refractivity contribution in [3.05, 3.63) is 29.6 Å². The number of nitrogens with zero attached hydrogens (tertiary/aromatic N) is 1. The number of hydrogen-bond donors (Lipinski definition) is 1. The smallest absolute Gasteiger partial charge is 0.414 e. The summed E-state index contributed by atoms with van der Waals surface area (Å²) in [6.07, 6.45) is -0.234. The minimum absolute atomic E-state index is 0.000111. The van der Waals surface area contributed by atoms with Crippen LogP contribution in [-0.2, 0) is 19.4 Å². The van der Waals surface area contributed by atoms with E-state index < -0.39 is 27.9 Å². The van der Waals surface area contributed by atoms with E-state index in [2.05, 4.69) is 5.32 Å². The van der Waals surface area contributed by atoms with Gasteiger partial charge in [-0.2, -0.15) is 0 Å². The highest BCUT2D eigenvalue weighted by Gasteiger charge is 2.34. The average Bonchev–Trinajstić information content (AvgIpc) is 2.93. The normalized spacial score (nSPS) is 22.9. The van der Waals surface area contributed by atoms with Crippen LogP contribution in [0.2, 0.25) is 0 Å². The van der Waals surface area contributed by atoms with E-state index in [4.69, 9.17) is 4.74 Å².